The molecule has 3 nitrogen and oxygen atoms in total. The lowest BCUT2D eigenvalue weighted by Gasteiger charge is -2.36. The Morgan fingerprint density at radius 1 is 1.31 bits per heavy atom. The standard InChI is InChI=1S/C13H18N2O/c1-10-4-2-3-5-11(10)13(12(14)16)6-8-15-9-7-13/h2-5,15H,6-9H2,1H3,(H2,14,16). The lowest BCUT2D eigenvalue weighted by Crippen LogP contribution is -2.49. The molecule has 0 aliphatic carbocycles. The molecular formula is C13H18N2O. The first kappa shape index (κ1) is 11.1. The molecule has 0 saturated carbocycles. The van der Waals surface area contributed by atoms with E-state index in [1.807, 2.05) is 31.2 Å². The van der Waals surface area contributed by atoms with Crippen molar-refractivity contribution < 1.29 is 4.79 Å². The largest absolute Gasteiger partial charge is 0.369 e. The van der Waals surface area contributed by atoms with Crippen molar-refractivity contribution in [2.45, 2.75) is 25.2 Å². The zero-order valence-corrected chi connectivity index (χ0v) is 9.62. The summed E-state index contributed by atoms with van der Waals surface area (Å²) in [4.78, 5) is 11.8. The zero-order valence-electron chi connectivity index (χ0n) is 9.62. The van der Waals surface area contributed by atoms with Gasteiger partial charge in [-0.3, -0.25) is 4.79 Å². The van der Waals surface area contributed by atoms with Crippen LogP contribution in [0.4, 0.5) is 0 Å². The Hall–Kier alpha value is -1.35. The maximum atomic E-state index is 11.8. The molecule has 0 radical (unpaired) electrons. The molecule has 0 bridgehead atoms. The number of carbonyl (C=O) groups excluding carboxylic acids is 1. The first-order chi connectivity index (χ1) is 7.67. The van der Waals surface area contributed by atoms with E-state index in [2.05, 4.69) is 5.32 Å². The molecule has 3 heteroatoms. The number of nitrogens with two attached hydrogens (primary N) is 1. The average Bonchev–Trinajstić information content (AvgIpc) is 2.30. The zero-order chi connectivity index (χ0) is 11.6. The lowest BCUT2D eigenvalue weighted by molar-refractivity contribution is -0.124. The van der Waals surface area contributed by atoms with Gasteiger partial charge in [0.05, 0.1) is 5.41 Å². The second kappa shape index (κ2) is 4.26. The molecule has 1 heterocycles. The maximum Gasteiger partial charge on any atom is 0.228 e. The van der Waals surface area contributed by atoms with E-state index in [1.165, 1.54) is 0 Å². The van der Waals surface area contributed by atoms with Crippen LogP contribution >= 0.6 is 0 Å². The second-order valence-electron chi connectivity index (χ2n) is 4.51. The van der Waals surface area contributed by atoms with Crippen molar-refractivity contribution in [3.63, 3.8) is 0 Å². The number of amides is 1. The van der Waals surface area contributed by atoms with E-state index in [0.717, 1.165) is 37.1 Å². The highest BCUT2D eigenvalue weighted by Gasteiger charge is 2.40. The molecule has 1 aliphatic heterocycles. The monoisotopic (exact) mass is 218 g/mol. The number of rotatable bonds is 2. The topological polar surface area (TPSA) is 55.1 Å². The Bertz CT molecular complexity index is 395. The second-order valence-corrected chi connectivity index (χ2v) is 4.51. The Morgan fingerprint density at radius 2 is 1.94 bits per heavy atom. The third-order valence-electron chi connectivity index (χ3n) is 3.59. The van der Waals surface area contributed by atoms with Crippen molar-refractivity contribution in [2.75, 3.05) is 13.1 Å². The molecule has 1 aromatic rings. The van der Waals surface area contributed by atoms with Gasteiger partial charge in [-0.1, -0.05) is 24.3 Å². The fourth-order valence-electron chi connectivity index (χ4n) is 2.61. The predicted octanol–water partition coefficient (Wildman–Crippen LogP) is 1.10. The van der Waals surface area contributed by atoms with Crippen LogP contribution < -0.4 is 11.1 Å². The Labute approximate surface area is 96.0 Å². The summed E-state index contributed by atoms with van der Waals surface area (Å²) >= 11 is 0. The molecule has 0 aromatic heterocycles. The lowest BCUT2D eigenvalue weighted by atomic mass is 9.71. The van der Waals surface area contributed by atoms with Crippen LogP contribution in [0.3, 0.4) is 0 Å². The third kappa shape index (κ3) is 1.71. The highest BCUT2D eigenvalue weighted by Crippen LogP contribution is 2.34. The number of carbonyl (C=O) groups is 1. The van der Waals surface area contributed by atoms with E-state index in [1.54, 1.807) is 0 Å². The number of hydrogen-bond acceptors (Lipinski definition) is 2. The molecule has 1 amide bonds. The predicted molar refractivity (Wildman–Crippen MR) is 64.2 cm³/mol. The maximum absolute atomic E-state index is 11.8. The van der Waals surface area contributed by atoms with Crippen molar-refractivity contribution in [3.8, 4) is 0 Å². The molecule has 16 heavy (non-hydrogen) atoms. The summed E-state index contributed by atoms with van der Waals surface area (Å²) in [5.41, 5.74) is 7.43. The van der Waals surface area contributed by atoms with Crippen molar-refractivity contribution in [1.29, 1.82) is 0 Å². The van der Waals surface area contributed by atoms with Gasteiger partial charge in [0.15, 0.2) is 0 Å². The smallest absolute Gasteiger partial charge is 0.228 e. The molecule has 3 N–H and O–H groups in total. The SMILES string of the molecule is Cc1ccccc1C1(C(N)=O)CCNCC1. The molecular weight excluding hydrogens is 200 g/mol. The fraction of sp³-hybridized carbons (Fsp3) is 0.462. The Kier molecular flexibility index (Phi) is 2.97. The molecule has 1 aromatic carbocycles. The van der Waals surface area contributed by atoms with Crippen LogP contribution in [0.2, 0.25) is 0 Å². The van der Waals surface area contributed by atoms with Crippen molar-refractivity contribution in [2.24, 2.45) is 5.73 Å². The summed E-state index contributed by atoms with van der Waals surface area (Å²) in [5, 5.41) is 3.28. The number of piperidine rings is 1. The van der Waals surface area contributed by atoms with Crippen LogP contribution in [0.5, 0.6) is 0 Å². The number of benzene rings is 1. The summed E-state index contributed by atoms with van der Waals surface area (Å²) in [6, 6.07) is 8.05. The number of primary amides is 1. The van der Waals surface area contributed by atoms with Crippen LogP contribution in [0, 0.1) is 6.92 Å². The van der Waals surface area contributed by atoms with E-state index in [-0.39, 0.29) is 5.91 Å². The molecule has 0 atom stereocenters. The summed E-state index contributed by atoms with van der Waals surface area (Å²) in [6.07, 6.45) is 1.60. The van der Waals surface area contributed by atoms with E-state index in [0.29, 0.717) is 0 Å². The molecule has 86 valence electrons. The summed E-state index contributed by atoms with van der Waals surface area (Å²) in [5.74, 6) is -0.191. The van der Waals surface area contributed by atoms with Gasteiger partial charge in [0.2, 0.25) is 5.91 Å². The van der Waals surface area contributed by atoms with Gasteiger partial charge in [-0.25, -0.2) is 0 Å². The van der Waals surface area contributed by atoms with Crippen LogP contribution in [0.15, 0.2) is 24.3 Å². The number of nitrogens with one attached hydrogen (secondary N) is 1. The molecule has 1 saturated heterocycles. The van der Waals surface area contributed by atoms with Crippen molar-refractivity contribution >= 4 is 5.91 Å². The van der Waals surface area contributed by atoms with Gasteiger partial charge >= 0.3 is 0 Å². The Morgan fingerprint density at radius 3 is 2.50 bits per heavy atom. The van der Waals surface area contributed by atoms with Gasteiger partial charge < -0.3 is 11.1 Å². The molecule has 0 unspecified atom stereocenters. The summed E-state index contributed by atoms with van der Waals surface area (Å²) in [7, 11) is 0. The third-order valence-corrected chi connectivity index (χ3v) is 3.59. The molecule has 1 fully saturated rings. The first-order valence-corrected chi connectivity index (χ1v) is 5.73. The Balaban J connectivity index is 2.47. The van der Waals surface area contributed by atoms with E-state index in [9.17, 15) is 4.79 Å². The number of hydrogen-bond donors (Lipinski definition) is 2. The van der Waals surface area contributed by atoms with E-state index in [4.69, 9.17) is 5.73 Å². The minimum atomic E-state index is -0.462. The normalized spacial score (nSPS) is 19.3. The van der Waals surface area contributed by atoms with E-state index < -0.39 is 5.41 Å². The summed E-state index contributed by atoms with van der Waals surface area (Å²) < 4.78 is 0. The van der Waals surface area contributed by atoms with Gasteiger partial charge in [-0.15, -0.1) is 0 Å². The minimum Gasteiger partial charge on any atom is -0.369 e. The average molecular weight is 218 g/mol. The fourth-order valence-corrected chi connectivity index (χ4v) is 2.61. The highest BCUT2D eigenvalue weighted by molar-refractivity contribution is 5.87. The van der Waals surface area contributed by atoms with Gasteiger partial charge in [0.25, 0.3) is 0 Å². The van der Waals surface area contributed by atoms with Crippen LogP contribution in [-0.4, -0.2) is 19.0 Å². The minimum absolute atomic E-state index is 0.191. The van der Waals surface area contributed by atoms with E-state index >= 15 is 0 Å². The van der Waals surface area contributed by atoms with Crippen LogP contribution in [-0.2, 0) is 10.2 Å². The van der Waals surface area contributed by atoms with Crippen LogP contribution in [0.25, 0.3) is 0 Å². The van der Waals surface area contributed by atoms with Gasteiger partial charge in [-0.05, 0) is 44.0 Å². The molecule has 2 rings (SSSR count). The number of aryl methyl sites for hydroxylation is 1. The van der Waals surface area contributed by atoms with Crippen LogP contribution in [0.1, 0.15) is 24.0 Å². The first-order valence-electron chi connectivity index (χ1n) is 5.73. The van der Waals surface area contributed by atoms with Crippen molar-refractivity contribution in [1.82, 2.24) is 5.32 Å². The van der Waals surface area contributed by atoms with Crippen molar-refractivity contribution in [3.05, 3.63) is 35.4 Å². The van der Waals surface area contributed by atoms with Gasteiger partial charge in [0, 0.05) is 0 Å². The van der Waals surface area contributed by atoms with Gasteiger partial charge in [-0.2, -0.15) is 0 Å². The molecule has 0 spiro atoms. The summed E-state index contributed by atoms with van der Waals surface area (Å²) in [6.45, 7) is 3.76. The highest BCUT2D eigenvalue weighted by atomic mass is 16.1. The van der Waals surface area contributed by atoms with Gasteiger partial charge in [0.1, 0.15) is 0 Å². The quantitative estimate of drug-likeness (QED) is 0.781. The molecule has 1 aliphatic rings.